The van der Waals surface area contributed by atoms with E-state index in [1.165, 1.54) is 37.6 Å². The fraction of sp³-hybridized carbons (Fsp3) is 0.467. The van der Waals surface area contributed by atoms with Gasteiger partial charge in [-0.2, -0.15) is 5.10 Å². The van der Waals surface area contributed by atoms with Crippen LogP contribution in [0.3, 0.4) is 0 Å². The van der Waals surface area contributed by atoms with Gasteiger partial charge in [-0.15, -0.1) is 0 Å². The number of hydrogen-bond acceptors (Lipinski definition) is 4. The number of benzene rings is 1. The van der Waals surface area contributed by atoms with Crippen molar-refractivity contribution in [2.75, 3.05) is 0 Å². The first-order valence-corrected chi connectivity index (χ1v) is 7.58. The zero-order chi connectivity index (χ0) is 15.2. The quantitative estimate of drug-likeness (QED) is 0.392. The summed E-state index contributed by atoms with van der Waals surface area (Å²) in [5, 5.41) is 26.6. The maximum Gasteiger partial charge on any atom is 0.187 e. The molecule has 1 saturated carbocycles. The van der Waals surface area contributed by atoms with Gasteiger partial charge in [-0.3, -0.25) is 5.43 Å². The highest BCUT2D eigenvalue weighted by molar-refractivity contribution is 7.80. The van der Waals surface area contributed by atoms with Gasteiger partial charge in [0.2, 0.25) is 0 Å². The molecule has 0 spiro atoms. The lowest BCUT2D eigenvalue weighted by Crippen LogP contribution is -2.44. The van der Waals surface area contributed by atoms with E-state index in [0.717, 1.165) is 6.42 Å². The van der Waals surface area contributed by atoms with Gasteiger partial charge in [-0.1, -0.05) is 19.8 Å². The minimum atomic E-state index is -0.0275. The number of thiocarbonyl (C=S) groups is 1. The second-order valence-electron chi connectivity index (χ2n) is 5.45. The first-order valence-electron chi connectivity index (χ1n) is 7.18. The topological polar surface area (TPSA) is 76.9 Å². The van der Waals surface area contributed by atoms with Gasteiger partial charge in [0.05, 0.1) is 6.21 Å². The molecule has 1 aliphatic carbocycles. The van der Waals surface area contributed by atoms with Gasteiger partial charge in [0.15, 0.2) is 5.11 Å². The average molecular weight is 307 g/mol. The van der Waals surface area contributed by atoms with Gasteiger partial charge >= 0.3 is 0 Å². The molecule has 0 amide bonds. The van der Waals surface area contributed by atoms with Crippen molar-refractivity contribution in [2.45, 2.75) is 38.6 Å². The Morgan fingerprint density at radius 2 is 2.10 bits per heavy atom. The molecular weight excluding hydrogens is 286 g/mol. The number of nitrogens with one attached hydrogen (secondary N) is 2. The van der Waals surface area contributed by atoms with Crippen molar-refractivity contribution in [2.24, 2.45) is 11.0 Å². The number of hydrazone groups is 1. The van der Waals surface area contributed by atoms with Gasteiger partial charge in [0.25, 0.3) is 0 Å². The Labute approximate surface area is 130 Å². The van der Waals surface area contributed by atoms with E-state index in [-0.39, 0.29) is 11.5 Å². The summed E-state index contributed by atoms with van der Waals surface area (Å²) in [5.41, 5.74) is 3.27. The van der Waals surface area contributed by atoms with Crippen molar-refractivity contribution in [3.8, 4) is 11.5 Å². The normalized spacial score (nSPS) is 22.1. The minimum absolute atomic E-state index is 0.0149. The van der Waals surface area contributed by atoms with Crippen molar-refractivity contribution in [3.05, 3.63) is 23.8 Å². The van der Waals surface area contributed by atoms with Crippen molar-refractivity contribution in [1.82, 2.24) is 10.7 Å². The molecule has 0 bridgehead atoms. The molecule has 6 heteroatoms. The minimum Gasteiger partial charge on any atom is -0.508 e. The molecule has 2 atom stereocenters. The Morgan fingerprint density at radius 1 is 1.33 bits per heavy atom. The summed E-state index contributed by atoms with van der Waals surface area (Å²) < 4.78 is 0. The molecule has 0 saturated heterocycles. The lowest BCUT2D eigenvalue weighted by Gasteiger charge is -2.30. The van der Waals surface area contributed by atoms with E-state index in [2.05, 4.69) is 22.8 Å². The third-order valence-electron chi connectivity index (χ3n) is 3.81. The standard InChI is InChI=1S/C15H21N3O2S/c1-10-4-2-3-5-13(10)17-15(21)18-16-9-11-6-7-12(19)8-14(11)20/h6-10,13,19-20H,2-5H2,1H3,(H2,17,18,21)/b16-9+/t10-,13-/m0/s1. The summed E-state index contributed by atoms with van der Waals surface area (Å²) in [4.78, 5) is 0. The number of hydrogen-bond donors (Lipinski definition) is 4. The molecule has 2 rings (SSSR count). The molecule has 1 fully saturated rings. The predicted molar refractivity (Wildman–Crippen MR) is 87.7 cm³/mol. The van der Waals surface area contributed by atoms with Crippen LogP contribution in [-0.4, -0.2) is 27.6 Å². The van der Waals surface area contributed by atoms with Crippen LogP contribution in [-0.2, 0) is 0 Å². The molecule has 4 N–H and O–H groups in total. The van der Waals surface area contributed by atoms with Crippen molar-refractivity contribution < 1.29 is 10.2 Å². The van der Waals surface area contributed by atoms with Crippen LogP contribution in [0.5, 0.6) is 11.5 Å². The largest absolute Gasteiger partial charge is 0.508 e. The van der Waals surface area contributed by atoms with Crippen molar-refractivity contribution in [3.63, 3.8) is 0 Å². The Balaban J connectivity index is 1.84. The highest BCUT2D eigenvalue weighted by Crippen LogP contribution is 2.23. The fourth-order valence-electron chi connectivity index (χ4n) is 2.53. The molecule has 0 radical (unpaired) electrons. The van der Waals surface area contributed by atoms with Crippen molar-refractivity contribution in [1.29, 1.82) is 0 Å². The SMILES string of the molecule is C[C@H]1CCCC[C@@H]1NC(=S)N/N=C/c1ccc(O)cc1O. The van der Waals surface area contributed by atoms with Crippen LogP contribution in [0.2, 0.25) is 0 Å². The molecule has 1 aromatic rings. The number of aromatic hydroxyl groups is 2. The highest BCUT2D eigenvalue weighted by atomic mass is 32.1. The van der Waals surface area contributed by atoms with Gasteiger partial charge < -0.3 is 15.5 Å². The summed E-state index contributed by atoms with van der Waals surface area (Å²) in [6.07, 6.45) is 6.34. The smallest absolute Gasteiger partial charge is 0.187 e. The molecular formula is C15H21N3O2S. The second-order valence-corrected chi connectivity index (χ2v) is 5.86. The number of nitrogens with zero attached hydrogens (tertiary/aromatic N) is 1. The summed E-state index contributed by atoms with van der Waals surface area (Å²) in [7, 11) is 0. The Hall–Kier alpha value is -1.82. The van der Waals surface area contributed by atoms with Crippen LogP contribution in [0.25, 0.3) is 0 Å². The summed E-state index contributed by atoms with van der Waals surface area (Å²) in [5.74, 6) is 0.602. The monoisotopic (exact) mass is 307 g/mol. The predicted octanol–water partition coefficient (Wildman–Crippen LogP) is 2.47. The van der Waals surface area contributed by atoms with Crippen LogP contribution < -0.4 is 10.7 Å². The highest BCUT2D eigenvalue weighted by Gasteiger charge is 2.21. The van der Waals surface area contributed by atoms with E-state index in [1.807, 2.05) is 0 Å². The molecule has 1 aromatic carbocycles. The van der Waals surface area contributed by atoms with Gasteiger partial charge in [-0.05, 0) is 43.1 Å². The zero-order valence-electron chi connectivity index (χ0n) is 12.0. The second kappa shape index (κ2) is 7.26. The van der Waals surface area contributed by atoms with E-state index in [1.54, 1.807) is 6.07 Å². The molecule has 0 aliphatic heterocycles. The van der Waals surface area contributed by atoms with E-state index in [0.29, 0.717) is 22.6 Å². The first-order chi connectivity index (χ1) is 10.1. The summed E-state index contributed by atoms with van der Waals surface area (Å²) in [6.45, 7) is 2.23. The molecule has 114 valence electrons. The van der Waals surface area contributed by atoms with Crippen molar-refractivity contribution >= 4 is 23.5 Å². The van der Waals surface area contributed by atoms with Gasteiger partial charge in [0.1, 0.15) is 11.5 Å². The Morgan fingerprint density at radius 3 is 2.81 bits per heavy atom. The number of phenols is 2. The number of rotatable bonds is 3. The van der Waals surface area contributed by atoms with Crippen LogP contribution in [0.4, 0.5) is 0 Å². The molecule has 1 aliphatic rings. The molecule has 0 heterocycles. The zero-order valence-corrected chi connectivity index (χ0v) is 12.9. The third kappa shape index (κ3) is 4.60. The lowest BCUT2D eigenvalue weighted by molar-refractivity contribution is 0.308. The van der Waals surface area contributed by atoms with Crippen LogP contribution >= 0.6 is 12.2 Å². The molecule has 21 heavy (non-hydrogen) atoms. The molecule has 0 aromatic heterocycles. The average Bonchev–Trinajstić information content (AvgIpc) is 2.44. The van der Waals surface area contributed by atoms with Crippen LogP contribution in [0.1, 0.15) is 38.2 Å². The van der Waals surface area contributed by atoms with E-state index >= 15 is 0 Å². The summed E-state index contributed by atoms with van der Waals surface area (Å²) >= 11 is 5.22. The number of phenolic OH excluding ortho intramolecular Hbond substituents is 2. The third-order valence-corrected chi connectivity index (χ3v) is 4.02. The lowest BCUT2D eigenvalue weighted by atomic mass is 9.86. The molecule has 5 nitrogen and oxygen atoms in total. The summed E-state index contributed by atoms with van der Waals surface area (Å²) in [6, 6.07) is 4.73. The van der Waals surface area contributed by atoms with Crippen LogP contribution in [0.15, 0.2) is 23.3 Å². The fourth-order valence-corrected chi connectivity index (χ4v) is 2.74. The molecule has 0 unspecified atom stereocenters. The Bertz CT molecular complexity index is 534. The van der Waals surface area contributed by atoms with Gasteiger partial charge in [-0.25, -0.2) is 0 Å². The van der Waals surface area contributed by atoms with E-state index < -0.39 is 0 Å². The van der Waals surface area contributed by atoms with Crippen LogP contribution in [0, 0.1) is 5.92 Å². The van der Waals surface area contributed by atoms with Gasteiger partial charge in [0, 0.05) is 17.7 Å². The van der Waals surface area contributed by atoms with E-state index in [4.69, 9.17) is 12.2 Å². The first kappa shape index (κ1) is 15.6. The van der Waals surface area contributed by atoms with E-state index in [9.17, 15) is 10.2 Å². The maximum atomic E-state index is 9.62. The maximum absolute atomic E-state index is 9.62. The Kier molecular flexibility index (Phi) is 5.38.